The molecule has 0 aliphatic heterocycles. The van der Waals surface area contributed by atoms with Crippen LogP contribution in [0.1, 0.15) is 37.4 Å². The fourth-order valence-corrected chi connectivity index (χ4v) is 2.86. The number of rotatable bonds is 6. The molecule has 0 aliphatic carbocycles. The van der Waals surface area contributed by atoms with Crippen molar-refractivity contribution in [3.8, 4) is 5.75 Å². The molecule has 0 aromatic heterocycles. The van der Waals surface area contributed by atoms with E-state index in [4.69, 9.17) is 0 Å². The van der Waals surface area contributed by atoms with Gasteiger partial charge in [-0.1, -0.05) is 42.5 Å². The van der Waals surface area contributed by atoms with E-state index in [0.717, 1.165) is 5.56 Å². The van der Waals surface area contributed by atoms with Crippen molar-refractivity contribution in [2.24, 2.45) is 0 Å². The zero-order chi connectivity index (χ0) is 19.4. The van der Waals surface area contributed by atoms with Crippen molar-refractivity contribution in [1.29, 1.82) is 0 Å². The van der Waals surface area contributed by atoms with E-state index in [9.17, 15) is 19.8 Å². The van der Waals surface area contributed by atoms with Crippen LogP contribution in [-0.2, 0) is 6.54 Å². The predicted molar refractivity (Wildman–Crippen MR) is 103 cm³/mol. The van der Waals surface area contributed by atoms with Crippen LogP contribution in [0.3, 0.4) is 0 Å². The lowest BCUT2D eigenvalue weighted by Crippen LogP contribution is -2.12. The van der Waals surface area contributed by atoms with Crippen LogP contribution in [0, 0.1) is 6.92 Å². The molecule has 0 fully saturated rings. The minimum Gasteiger partial charge on any atom is -0.508 e. The third kappa shape index (κ3) is 3.98. The summed E-state index contributed by atoms with van der Waals surface area (Å²) in [6.45, 7) is 2.22. The molecule has 0 spiro atoms. The lowest BCUT2D eigenvalue weighted by Gasteiger charge is -2.13. The summed E-state index contributed by atoms with van der Waals surface area (Å²) in [7, 11) is 0. The Morgan fingerprint density at radius 3 is 2.19 bits per heavy atom. The first-order valence-corrected chi connectivity index (χ1v) is 8.46. The average molecular weight is 361 g/mol. The lowest BCUT2D eigenvalue weighted by molar-refractivity contribution is 0.0693. The quantitative estimate of drug-likeness (QED) is 0.572. The Kier molecular flexibility index (Phi) is 5.22. The van der Waals surface area contributed by atoms with Gasteiger partial charge < -0.3 is 15.5 Å². The van der Waals surface area contributed by atoms with Crippen LogP contribution in [-0.4, -0.2) is 22.0 Å². The molecule has 3 N–H and O–H groups in total. The van der Waals surface area contributed by atoms with Crippen LogP contribution >= 0.6 is 0 Å². The van der Waals surface area contributed by atoms with Gasteiger partial charge in [0.25, 0.3) is 0 Å². The van der Waals surface area contributed by atoms with Gasteiger partial charge in [0.2, 0.25) is 0 Å². The number of carbonyl (C=O) groups is 2. The van der Waals surface area contributed by atoms with E-state index in [2.05, 4.69) is 5.32 Å². The Hall–Kier alpha value is -3.60. The highest BCUT2D eigenvalue weighted by molar-refractivity contribution is 6.16. The topological polar surface area (TPSA) is 86.6 Å². The summed E-state index contributed by atoms with van der Waals surface area (Å²) in [4.78, 5) is 24.4. The van der Waals surface area contributed by atoms with Crippen molar-refractivity contribution in [1.82, 2.24) is 0 Å². The van der Waals surface area contributed by atoms with Gasteiger partial charge in [-0.2, -0.15) is 0 Å². The molecular weight excluding hydrogens is 342 g/mol. The summed E-state index contributed by atoms with van der Waals surface area (Å²) in [6, 6.07) is 18.5. The second kappa shape index (κ2) is 7.74. The molecule has 0 saturated heterocycles. The first-order chi connectivity index (χ1) is 13.0. The SMILES string of the molecule is Cc1ccc(CNc2ccccc2C(=O)c2ccccc2C(=O)O)c(O)c1. The number of phenols is 1. The molecule has 0 heterocycles. The normalized spacial score (nSPS) is 10.4. The van der Waals surface area contributed by atoms with Crippen molar-refractivity contribution < 1.29 is 19.8 Å². The highest BCUT2D eigenvalue weighted by atomic mass is 16.4. The van der Waals surface area contributed by atoms with Gasteiger partial charge in [0, 0.05) is 28.9 Å². The highest BCUT2D eigenvalue weighted by Crippen LogP contribution is 2.24. The van der Waals surface area contributed by atoms with E-state index in [0.29, 0.717) is 23.4 Å². The molecule has 27 heavy (non-hydrogen) atoms. The molecule has 5 nitrogen and oxygen atoms in total. The van der Waals surface area contributed by atoms with Gasteiger partial charge >= 0.3 is 5.97 Å². The number of para-hydroxylation sites is 1. The van der Waals surface area contributed by atoms with Gasteiger partial charge in [-0.15, -0.1) is 0 Å². The second-order valence-electron chi connectivity index (χ2n) is 6.21. The number of phenolic OH excluding ortho intramolecular Hbond substituents is 1. The number of aromatic hydroxyl groups is 1. The van der Waals surface area contributed by atoms with Gasteiger partial charge in [0.1, 0.15) is 5.75 Å². The largest absolute Gasteiger partial charge is 0.508 e. The monoisotopic (exact) mass is 361 g/mol. The van der Waals surface area contributed by atoms with Crippen LogP contribution in [0.25, 0.3) is 0 Å². The number of nitrogens with one attached hydrogen (secondary N) is 1. The number of hydrogen-bond acceptors (Lipinski definition) is 4. The third-order valence-electron chi connectivity index (χ3n) is 4.28. The standard InChI is InChI=1S/C22H19NO4/c1-14-10-11-15(20(24)12-14)13-23-19-9-5-4-8-18(19)21(25)16-6-2-3-7-17(16)22(26)27/h2-12,23-24H,13H2,1H3,(H,26,27). The number of carboxylic acid groups (broad SMARTS) is 1. The molecule has 5 heteroatoms. The molecule has 0 amide bonds. The van der Waals surface area contributed by atoms with Crippen molar-refractivity contribution >= 4 is 17.4 Å². The number of ketones is 1. The molecule has 0 aliphatic rings. The molecule has 0 bridgehead atoms. The molecule has 0 radical (unpaired) electrons. The van der Waals surface area contributed by atoms with Crippen molar-refractivity contribution in [3.63, 3.8) is 0 Å². The third-order valence-corrected chi connectivity index (χ3v) is 4.28. The summed E-state index contributed by atoms with van der Waals surface area (Å²) >= 11 is 0. The van der Waals surface area contributed by atoms with Crippen LogP contribution in [0.2, 0.25) is 0 Å². The molecule has 0 unspecified atom stereocenters. The Morgan fingerprint density at radius 2 is 1.52 bits per heavy atom. The fraction of sp³-hybridized carbons (Fsp3) is 0.0909. The van der Waals surface area contributed by atoms with Gasteiger partial charge in [-0.3, -0.25) is 4.79 Å². The van der Waals surface area contributed by atoms with E-state index < -0.39 is 5.97 Å². The Labute approximate surface area is 156 Å². The Bertz CT molecular complexity index is 1010. The van der Waals surface area contributed by atoms with Crippen molar-refractivity contribution in [2.75, 3.05) is 5.32 Å². The number of aryl methyl sites for hydroxylation is 1. The van der Waals surface area contributed by atoms with Crippen LogP contribution in [0.4, 0.5) is 5.69 Å². The highest BCUT2D eigenvalue weighted by Gasteiger charge is 2.19. The van der Waals surface area contributed by atoms with Crippen LogP contribution in [0.5, 0.6) is 5.75 Å². The summed E-state index contributed by atoms with van der Waals surface area (Å²) in [5.74, 6) is -1.33. The van der Waals surface area contributed by atoms with Crippen LogP contribution < -0.4 is 5.32 Å². The molecule has 0 atom stereocenters. The van der Waals surface area contributed by atoms with E-state index in [1.54, 1.807) is 42.5 Å². The van der Waals surface area contributed by atoms with E-state index in [-0.39, 0.29) is 22.7 Å². The van der Waals surface area contributed by atoms with Gasteiger partial charge in [0.15, 0.2) is 5.78 Å². The number of anilines is 1. The molecule has 3 rings (SSSR count). The maximum Gasteiger partial charge on any atom is 0.336 e. The Morgan fingerprint density at radius 1 is 0.889 bits per heavy atom. The minimum atomic E-state index is -1.14. The van der Waals surface area contributed by atoms with Gasteiger partial charge in [0.05, 0.1) is 5.56 Å². The predicted octanol–water partition coefficient (Wildman–Crippen LogP) is 4.24. The molecule has 136 valence electrons. The smallest absolute Gasteiger partial charge is 0.336 e. The lowest BCUT2D eigenvalue weighted by atomic mass is 9.97. The first-order valence-electron chi connectivity index (χ1n) is 8.46. The summed E-state index contributed by atoms with van der Waals surface area (Å²) < 4.78 is 0. The zero-order valence-electron chi connectivity index (χ0n) is 14.8. The summed E-state index contributed by atoms with van der Waals surface area (Å²) in [5, 5.41) is 22.6. The fourth-order valence-electron chi connectivity index (χ4n) is 2.86. The zero-order valence-corrected chi connectivity index (χ0v) is 14.8. The maximum atomic E-state index is 13.0. The van der Waals surface area contributed by atoms with Gasteiger partial charge in [-0.25, -0.2) is 4.79 Å². The second-order valence-corrected chi connectivity index (χ2v) is 6.21. The molecule has 0 saturated carbocycles. The van der Waals surface area contributed by atoms with Gasteiger partial charge in [-0.05, 0) is 36.8 Å². The molecule has 3 aromatic carbocycles. The molecule has 3 aromatic rings. The minimum absolute atomic E-state index is 0.0338. The molecular formula is C22H19NO4. The van der Waals surface area contributed by atoms with E-state index in [1.807, 2.05) is 19.1 Å². The van der Waals surface area contributed by atoms with Crippen molar-refractivity contribution in [3.05, 3.63) is 94.5 Å². The van der Waals surface area contributed by atoms with E-state index >= 15 is 0 Å². The average Bonchev–Trinajstić information content (AvgIpc) is 2.67. The van der Waals surface area contributed by atoms with E-state index in [1.165, 1.54) is 12.1 Å². The summed E-state index contributed by atoms with van der Waals surface area (Å²) in [6.07, 6.45) is 0. The maximum absolute atomic E-state index is 13.0. The number of benzene rings is 3. The first kappa shape index (κ1) is 18.2. The van der Waals surface area contributed by atoms with Crippen molar-refractivity contribution in [2.45, 2.75) is 13.5 Å². The Balaban J connectivity index is 1.90. The van der Waals surface area contributed by atoms with Crippen LogP contribution in [0.15, 0.2) is 66.7 Å². The number of carbonyl (C=O) groups excluding carboxylic acids is 1. The summed E-state index contributed by atoms with van der Waals surface area (Å²) in [5.41, 5.74) is 2.71. The number of hydrogen-bond donors (Lipinski definition) is 3. The number of aromatic carboxylic acids is 1. The number of carboxylic acids is 1.